The van der Waals surface area contributed by atoms with Gasteiger partial charge in [0.25, 0.3) is 5.91 Å². The Bertz CT molecular complexity index is 1200. The van der Waals surface area contributed by atoms with Crippen molar-refractivity contribution in [3.05, 3.63) is 87.7 Å². The Morgan fingerprint density at radius 1 is 1.20 bits per heavy atom. The molecule has 1 amide bonds. The van der Waals surface area contributed by atoms with Crippen molar-refractivity contribution in [1.82, 2.24) is 10.4 Å². The predicted octanol–water partition coefficient (Wildman–Crippen LogP) is 4.85. The molecular formula is C20H14N4O4S2. The highest BCUT2D eigenvalue weighted by molar-refractivity contribution is 8.00. The van der Waals surface area contributed by atoms with Crippen LogP contribution in [0, 0.1) is 10.1 Å². The van der Waals surface area contributed by atoms with Gasteiger partial charge in [-0.3, -0.25) is 14.9 Å². The highest BCUT2D eigenvalue weighted by Gasteiger charge is 2.11. The van der Waals surface area contributed by atoms with Gasteiger partial charge >= 0.3 is 5.88 Å². The van der Waals surface area contributed by atoms with Crippen molar-refractivity contribution in [3.63, 3.8) is 0 Å². The van der Waals surface area contributed by atoms with Gasteiger partial charge in [-0.2, -0.15) is 5.10 Å². The van der Waals surface area contributed by atoms with Gasteiger partial charge in [0.05, 0.1) is 22.5 Å². The lowest BCUT2D eigenvalue weighted by Gasteiger charge is -2.02. The molecule has 0 fully saturated rings. The van der Waals surface area contributed by atoms with E-state index in [-0.39, 0.29) is 11.6 Å². The van der Waals surface area contributed by atoms with Crippen molar-refractivity contribution in [2.45, 2.75) is 10.1 Å². The van der Waals surface area contributed by atoms with Crippen molar-refractivity contribution < 1.29 is 14.1 Å². The van der Waals surface area contributed by atoms with Crippen LogP contribution in [0.3, 0.4) is 0 Å². The molecule has 0 bridgehead atoms. The first-order valence-corrected chi connectivity index (χ1v) is 10.5. The van der Waals surface area contributed by atoms with Gasteiger partial charge in [0.1, 0.15) is 4.92 Å². The van der Waals surface area contributed by atoms with Crippen molar-refractivity contribution >= 4 is 51.3 Å². The van der Waals surface area contributed by atoms with Crippen molar-refractivity contribution in [2.75, 3.05) is 0 Å². The number of carbonyl (C=O) groups excluding carboxylic acids is 1. The number of amides is 1. The minimum atomic E-state index is -0.646. The molecule has 0 spiro atoms. The summed E-state index contributed by atoms with van der Waals surface area (Å²) in [5, 5.41) is 14.3. The van der Waals surface area contributed by atoms with E-state index in [0.29, 0.717) is 5.56 Å². The normalized spacial score (nSPS) is 11.2. The van der Waals surface area contributed by atoms with E-state index < -0.39 is 10.8 Å². The van der Waals surface area contributed by atoms with Crippen LogP contribution in [0.4, 0.5) is 5.88 Å². The molecule has 0 unspecified atom stereocenters. The summed E-state index contributed by atoms with van der Waals surface area (Å²) in [5.74, 6) is 0.140. The van der Waals surface area contributed by atoms with Crippen molar-refractivity contribution in [2.24, 2.45) is 5.10 Å². The molecule has 0 aliphatic carbocycles. The lowest BCUT2D eigenvalue weighted by molar-refractivity contribution is -0.402. The van der Waals surface area contributed by atoms with Crippen LogP contribution in [-0.2, 0) is 5.75 Å². The van der Waals surface area contributed by atoms with Crippen molar-refractivity contribution in [3.8, 4) is 0 Å². The summed E-state index contributed by atoms with van der Waals surface area (Å²) < 4.78 is 7.09. The number of fused-ring (bicyclic) bond motifs is 1. The van der Waals surface area contributed by atoms with E-state index in [9.17, 15) is 14.9 Å². The maximum Gasteiger partial charge on any atom is 0.433 e. The quantitative estimate of drug-likeness (QED) is 0.191. The van der Waals surface area contributed by atoms with Crippen molar-refractivity contribution in [1.29, 1.82) is 0 Å². The first kappa shape index (κ1) is 19.8. The van der Waals surface area contributed by atoms with Gasteiger partial charge < -0.3 is 4.42 Å². The fourth-order valence-corrected chi connectivity index (χ4v) is 4.56. The average Bonchev–Trinajstić information content (AvgIpc) is 3.39. The largest absolute Gasteiger partial charge is 0.433 e. The summed E-state index contributed by atoms with van der Waals surface area (Å²) in [6, 6.07) is 17.8. The van der Waals surface area contributed by atoms with E-state index in [4.69, 9.17) is 4.42 Å². The molecule has 1 N–H and O–H groups in total. The molecule has 0 aliphatic rings. The van der Waals surface area contributed by atoms with Gasteiger partial charge in [-0.15, -0.1) is 11.3 Å². The fraction of sp³-hybridized carbons (Fsp3) is 0.0500. The van der Waals surface area contributed by atoms with Crippen LogP contribution in [0.2, 0.25) is 0 Å². The number of rotatable bonds is 7. The molecule has 2 aromatic carbocycles. The topological polar surface area (TPSA) is 111 Å². The third-order valence-corrected chi connectivity index (χ3v) is 6.25. The Balaban J connectivity index is 1.31. The number of aromatic nitrogens is 1. The Hall–Kier alpha value is -3.50. The molecule has 0 saturated carbocycles. The monoisotopic (exact) mass is 438 g/mol. The minimum absolute atomic E-state index is 0.171. The number of thiazole rings is 1. The first-order chi connectivity index (χ1) is 14.6. The Morgan fingerprint density at radius 2 is 2.00 bits per heavy atom. The molecule has 0 aliphatic heterocycles. The molecule has 10 heteroatoms. The smallest absolute Gasteiger partial charge is 0.400 e. The van der Waals surface area contributed by atoms with E-state index >= 15 is 0 Å². The standard InChI is InChI=1S/C20H14N4O4S2/c25-19(23-21-11-15-9-10-18(28-15)24(26)27)14-7-5-13(6-8-14)12-29-20-22-16-3-1-2-4-17(16)30-20/h1-11H,12H2,(H,23,25). The zero-order valence-corrected chi connectivity index (χ0v) is 17.0. The average molecular weight is 438 g/mol. The highest BCUT2D eigenvalue weighted by atomic mass is 32.2. The number of hydrogen-bond acceptors (Lipinski definition) is 8. The van der Waals surface area contributed by atoms with Gasteiger partial charge in [-0.1, -0.05) is 36.0 Å². The number of furan rings is 1. The van der Waals surface area contributed by atoms with Gasteiger partial charge in [-0.05, 0) is 35.9 Å². The minimum Gasteiger partial charge on any atom is -0.400 e. The van der Waals surface area contributed by atoms with Crippen LogP contribution >= 0.6 is 23.1 Å². The maximum atomic E-state index is 12.2. The first-order valence-electron chi connectivity index (χ1n) is 8.73. The number of para-hydroxylation sites is 1. The second-order valence-electron chi connectivity index (χ2n) is 6.07. The van der Waals surface area contributed by atoms with Crippen LogP contribution in [0.1, 0.15) is 21.7 Å². The van der Waals surface area contributed by atoms with E-state index in [1.807, 2.05) is 30.3 Å². The van der Waals surface area contributed by atoms with Gasteiger partial charge in [0, 0.05) is 11.3 Å². The lowest BCUT2D eigenvalue weighted by Crippen LogP contribution is -2.17. The van der Waals surface area contributed by atoms with Gasteiger partial charge in [-0.25, -0.2) is 10.4 Å². The molecule has 2 aromatic heterocycles. The summed E-state index contributed by atoms with van der Waals surface area (Å²) in [7, 11) is 0. The van der Waals surface area contributed by atoms with E-state index in [2.05, 4.69) is 21.6 Å². The second-order valence-corrected chi connectivity index (χ2v) is 8.32. The Labute approximate surface area is 178 Å². The zero-order valence-electron chi connectivity index (χ0n) is 15.3. The summed E-state index contributed by atoms with van der Waals surface area (Å²) in [4.78, 5) is 26.7. The number of nitrogens with one attached hydrogen (secondary N) is 1. The second kappa shape index (κ2) is 8.89. The number of thioether (sulfide) groups is 1. The zero-order chi connectivity index (χ0) is 20.9. The number of carbonyl (C=O) groups is 1. The molecule has 4 aromatic rings. The summed E-state index contributed by atoms with van der Waals surface area (Å²) >= 11 is 3.32. The van der Waals surface area contributed by atoms with Crippen LogP contribution < -0.4 is 5.43 Å². The third-order valence-electron chi connectivity index (χ3n) is 4.00. The summed E-state index contributed by atoms with van der Waals surface area (Å²) in [6.45, 7) is 0. The van der Waals surface area contributed by atoms with E-state index in [1.165, 1.54) is 18.3 Å². The molecule has 0 saturated heterocycles. The number of nitro groups is 1. The Morgan fingerprint density at radius 3 is 2.73 bits per heavy atom. The predicted molar refractivity (Wildman–Crippen MR) is 116 cm³/mol. The molecule has 4 rings (SSSR count). The van der Waals surface area contributed by atoms with Crippen LogP contribution in [0.25, 0.3) is 10.2 Å². The van der Waals surface area contributed by atoms with Crippen LogP contribution in [0.15, 0.2) is 74.5 Å². The molecule has 8 nitrogen and oxygen atoms in total. The third kappa shape index (κ3) is 4.73. The summed E-state index contributed by atoms with van der Waals surface area (Å²) in [5.41, 5.74) is 4.89. The van der Waals surface area contributed by atoms with Crippen LogP contribution in [-0.4, -0.2) is 22.0 Å². The number of hydrogen-bond donors (Lipinski definition) is 1. The molecule has 150 valence electrons. The lowest BCUT2D eigenvalue weighted by atomic mass is 10.1. The van der Waals surface area contributed by atoms with Gasteiger partial charge in [0.2, 0.25) is 0 Å². The molecule has 30 heavy (non-hydrogen) atoms. The van der Waals surface area contributed by atoms with E-state index in [0.717, 1.165) is 25.9 Å². The SMILES string of the molecule is O=C(NN=Cc1ccc([N+](=O)[O-])o1)c1ccc(CSc2nc3ccccc3s2)cc1. The van der Waals surface area contributed by atoms with Crippen LogP contribution in [0.5, 0.6) is 0 Å². The maximum absolute atomic E-state index is 12.2. The number of hydrazone groups is 1. The highest BCUT2D eigenvalue weighted by Crippen LogP contribution is 2.31. The molecule has 0 radical (unpaired) electrons. The Kier molecular flexibility index (Phi) is 5.87. The number of nitrogens with zero attached hydrogens (tertiary/aromatic N) is 3. The number of benzene rings is 2. The summed E-state index contributed by atoms with van der Waals surface area (Å²) in [6.07, 6.45) is 1.20. The van der Waals surface area contributed by atoms with Gasteiger partial charge in [0.15, 0.2) is 10.1 Å². The molecular weight excluding hydrogens is 424 g/mol. The molecule has 2 heterocycles. The molecule has 0 atom stereocenters. The fourth-order valence-electron chi connectivity index (χ4n) is 2.54. The van der Waals surface area contributed by atoms with E-state index in [1.54, 1.807) is 35.2 Å².